The van der Waals surface area contributed by atoms with Crippen LogP contribution in [-0.2, 0) is 6.54 Å². The average molecular weight is 237 g/mol. The topological polar surface area (TPSA) is 60.9 Å². The molecule has 0 aliphatic rings. The molecule has 0 aromatic carbocycles. The van der Waals surface area contributed by atoms with Gasteiger partial charge in [0.2, 0.25) is 0 Å². The van der Waals surface area contributed by atoms with Crippen LogP contribution in [0.15, 0.2) is 12.4 Å². The van der Waals surface area contributed by atoms with Crippen LogP contribution in [0.4, 0.5) is 0 Å². The first kappa shape index (κ1) is 13.9. The van der Waals surface area contributed by atoms with Crippen molar-refractivity contribution >= 4 is 5.78 Å². The summed E-state index contributed by atoms with van der Waals surface area (Å²) >= 11 is 0. The predicted octanol–water partition coefficient (Wildman–Crippen LogP) is 2.24. The van der Waals surface area contributed by atoms with Crippen LogP contribution in [0.25, 0.3) is 0 Å². The molecule has 0 spiro atoms. The first-order chi connectivity index (χ1) is 7.98. The number of aromatic nitrogens is 2. The second-order valence-corrected chi connectivity index (χ2v) is 5.21. The van der Waals surface area contributed by atoms with E-state index in [1.54, 1.807) is 10.9 Å². The van der Waals surface area contributed by atoms with Crippen LogP contribution in [0.3, 0.4) is 0 Å². The third kappa shape index (κ3) is 4.30. The van der Waals surface area contributed by atoms with Crippen molar-refractivity contribution < 1.29 is 4.79 Å². The van der Waals surface area contributed by atoms with Gasteiger partial charge in [0.15, 0.2) is 5.78 Å². The van der Waals surface area contributed by atoms with E-state index in [1.807, 2.05) is 13.1 Å². The Labute approximate surface area is 103 Å². The van der Waals surface area contributed by atoms with E-state index in [9.17, 15) is 4.79 Å². The van der Waals surface area contributed by atoms with Crippen molar-refractivity contribution in [2.45, 2.75) is 46.6 Å². The van der Waals surface area contributed by atoms with Gasteiger partial charge in [-0.25, -0.2) is 0 Å². The number of nitrogens with zero attached hydrogens (tertiary/aromatic N) is 2. The number of hydrogen-bond donors (Lipinski definition) is 1. The fourth-order valence-corrected chi connectivity index (χ4v) is 1.79. The van der Waals surface area contributed by atoms with Crippen molar-refractivity contribution in [2.24, 2.45) is 11.1 Å². The molecule has 0 amide bonds. The zero-order chi connectivity index (χ0) is 12.9. The number of carbonyl (C=O) groups is 1. The van der Waals surface area contributed by atoms with Crippen molar-refractivity contribution in [2.75, 3.05) is 6.54 Å². The normalized spacial score (nSPS) is 11.8. The molecule has 96 valence electrons. The van der Waals surface area contributed by atoms with E-state index in [2.05, 4.69) is 18.9 Å². The third-order valence-corrected chi connectivity index (χ3v) is 3.13. The van der Waals surface area contributed by atoms with Crippen LogP contribution in [0, 0.1) is 5.41 Å². The molecule has 0 bridgehead atoms. The zero-order valence-corrected chi connectivity index (χ0v) is 11.1. The van der Waals surface area contributed by atoms with Gasteiger partial charge in [-0.2, -0.15) is 5.10 Å². The largest absolute Gasteiger partial charge is 0.330 e. The summed E-state index contributed by atoms with van der Waals surface area (Å²) in [6.07, 6.45) is 5.87. The molecule has 0 aliphatic carbocycles. The van der Waals surface area contributed by atoms with Crippen LogP contribution < -0.4 is 5.73 Å². The molecular weight excluding hydrogens is 214 g/mol. The van der Waals surface area contributed by atoms with E-state index in [-0.39, 0.29) is 11.2 Å². The van der Waals surface area contributed by atoms with E-state index in [1.165, 1.54) is 0 Å². The number of hydrogen-bond acceptors (Lipinski definition) is 3. The Bertz CT molecular complexity index is 368. The molecule has 2 N–H and O–H groups in total. The molecule has 4 nitrogen and oxygen atoms in total. The molecule has 0 radical (unpaired) electrons. The van der Waals surface area contributed by atoms with Crippen molar-refractivity contribution in [3.8, 4) is 0 Å². The molecule has 0 aliphatic heterocycles. The summed E-state index contributed by atoms with van der Waals surface area (Å²) in [6, 6.07) is 0. The van der Waals surface area contributed by atoms with Gasteiger partial charge in [-0.05, 0) is 31.7 Å². The van der Waals surface area contributed by atoms with E-state index < -0.39 is 0 Å². The van der Waals surface area contributed by atoms with Crippen molar-refractivity contribution in [3.05, 3.63) is 18.0 Å². The van der Waals surface area contributed by atoms with Crippen LogP contribution in [-0.4, -0.2) is 22.1 Å². The van der Waals surface area contributed by atoms with Gasteiger partial charge in [0.05, 0.1) is 11.8 Å². The highest BCUT2D eigenvalue weighted by atomic mass is 16.1. The molecule has 0 saturated carbocycles. The smallest absolute Gasteiger partial charge is 0.166 e. The maximum Gasteiger partial charge on any atom is 0.166 e. The lowest BCUT2D eigenvalue weighted by atomic mass is 9.83. The minimum atomic E-state index is 0.144. The molecule has 4 heteroatoms. The van der Waals surface area contributed by atoms with E-state index in [0.29, 0.717) is 13.0 Å². The standard InChI is InChI=1S/C13H23N3O/c1-4-16-10-11(9-15-16)12(17)5-6-13(2,3)7-8-14/h9-10H,4-8,14H2,1-3H3. The summed E-state index contributed by atoms with van der Waals surface area (Å²) < 4.78 is 1.78. The van der Waals surface area contributed by atoms with Crippen molar-refractivity contribution in [1.29, 1.82) is 0 Å². The van der Waals surface area contributed by atoms with Crippen molar-refractivity contribution in [1.82, 2.24) is 9.78 Å². The van der Waals surface area contributed by atoms with Gasteiger partial charge in [-0.1, -0.05) is 13.8 Å². The summed E-state index contributed by atoms with van der Waals surface area (Å²) in [5, 5.41) is 4.11. The second-order valence-electron chi connectivity index (χ2n) is 5.21. The van der Waals surface area contributed by atoms with Gasteiger partial charge < -0.3 is 5.73 Å². The molecule has 1 aromatic rings. The molecular formula is C13H23N3O. The summed E-state index contributed by atoms with van der Waals surface area (Å²) in [7, 11) is 0. The number of carbonyl (C=O) groups excluding carboxylic acids is 1. The Morgan fingerprint density at radius 3 is 2.71 bits per heavy atom. The lowest BCUT2D eigenvalue weighted by Gasteiger charge is -2.23. The maximum atomic E-state index is 11.9. The first-order valence-electron chi connectivity index (χ1n) is 6.24. The van der Waals surface area contributed by atoms with Gasteiger partial charge in [-0.15, -0.1) is 0 Å². The Morgan fingerprint density at radius 2 is 2.18 bits per heavy atom. The van der Waals surface area contributed by atoms with Crippen LogP contribution in [0.1, 0.15) is 50.4 Å². The minimum Gasteiger partial charge on any atom is -0.330 e. The highest BCUT2D eigenvalue weighted by Gasteiger charge is 2.19. The van der Waals surface area contributed by atoms with E-state index >= 15 is 0 Å². The predicted molar refractivity (Wildman–Crippen MR) is 68.9 cm³/mol. The van der Waals surface area contributed by atoms with Gasteiger partial charge >= 0.3 is 0 Å². The number of Topliss-reactive ketones (excluding diaryl/α,β-unsaturated/α-hetero) is 1. The Hall–Kier alpha value is -1.16. The first-order valence-corrected chi connectivity index (χ1v) is 6.24. The fraction of sp³-hybridized carbons (Fsp3) is 0.692. The number of ketones is 1. The quantitative estimate of drug-likeness (QED) is 0.740. The van der Waals surface area contributed by atoms with Crippen LogP contribution >= 0.6 is 0 Å². The number of aryl methyl sites for hydroxylation is 1. The molecule has 1 heterocycles. The molecule has 0 fully saturated rings. The fourth-order valence-electron chi connectivity index (χ4n) is 1.79. The van der Waals surface area contributed by atoms with Crippen LogP contribution in [0.5, 0.6) is 0 Å². The highest BCUT2D eigenvalue weighted by molar-refractivity contribution is 5.95. The monoisotopic (exact) mass is 237 g/mol. The SMILES string of the molecule is CCn1cc(C(=O)CCC(C)(C)CCN)cn1. The van der Waals surface area contributed by atoms with Crippen molar-refractivity contribution in [3.63, 3.8) is 0 Å². The lowest BCUT2D eigenvalue weighted by molar-refractivity contribution is 0.0961. The molecule has 0 atom stereocenters. The lowest BCUT2D eigenvalue weighted by Crippen LogP contribution is -2.18. The summed E-state index contributed by atoms with van der Waals surface area (Å²) in [6.45, 7) is 7.79. The van der Waals surface area contributed by atoms with E-state index in [4.69, 9.17) is 5.73 Å². The Balaban J connectivity index is 2.49. The summed E-state index contributed by atoms with van der Waals surface area (Å²) in [5.74, 6) is 0.176. The summed E-state index contributed by atoms with van der Waals surface area (Å²) in [5.41, 5.74) is 6.42. The molecule has 1 aromatic heterocycles. The Morgan fingerprint density at radius 1 is 1.47 bits per heavy atom. The van der Waals surface area contributed by atoms with Crippen LogP contribution in [0.2, 0.25) is 0 Å². The summed E-state index contributed by atoms with van der Waals surface area (Å²) in [4.78, 5) is 11.9. The Kier molecular flexibility index (Phi) is 4.87. The minimum absolute atomic E-state index is 0.144. The number of rotatable bonds is 7. The van der Waals surface area contributed by atoms with Gasteiger partial charge in [0, 0.05) is 19.2 Å². The molecule has 0 unspecified atom stereocenters. The third-order valence-electron chi connectivity index (χ3n) is 3.13. The molecule has 0 saturated heterocycles. The highest BCUT2D eigenvalue weighted by Crippen LogP contribution is 2.26. The second kappa shape index (κ2) is 5.96. The maximum absolute atomic E-state index is 11.9. The molecule has 1 rings (SSSR count). The molecule has 17 heavy (non-hydrogen) atoms. The average Bonchev–Trinajstić information content (AvgIpc) is 2.74. The van der Waals surface area contributed by atoms with E-state index in [0.717, 1.165) is 24.9 Å². The van der Waals surface area contributed by atoms with Gasteiger partial charge in [-0.3, -0.25) is 9.48 Å². The van der Waals surface area contributed by atoms with Gasteiger partial charge in [0.25, 0.3) is 0 Å². The zero-order valence-electron chi connectivity index (χ0n) is 11.1. The van der Waals surface area contributed by atoms with Gasteiger partial charge in [0.1, 0.15) is 0 Å². The number of nitrogens with two attached hydrogens (primary N) is 1.